The zero-order chi connectivity index (χ0) is 15.3. The van der Waals surface area contributed by atoms with Crippen molar-refractivity contribution in [2.24, 2.45) is 11.3 Å². The fraction of sp³-hybridized carbons (Fsp3) is 0.700. The van der Waals surface area contributed by atoms with Crippen LogP contribution in [0.25, 0.3) is 0 Å². The van der Waals surface area contributed by atoms with Crippen LogP contribution in [-0.2, 0) is 6.42 Å². The van der Waals surface area contributed by atoms with Gasteiger partial charge in [0.15, 0.2) is 0 Å². The van der Waals surface area contributed by atoms with Crippen LogP contribution in [0.2, 0.25) is 0 Å². The summed E-state index contributed by atoms with van der Waals surface area (Å²) >= 11 is 0. The van der Waals surface area contributed by atoms with Gasteiger partial charge in [-0.1, -0.05) is 64.3 Å². The Kier molecular flexibility index (Phi) is 5.87. The minimum Gasteiger partial charge on any atom is -0.313 e. The maximum Gasteiger partial charge on any atom is 0.0351 e. The van der Waals surface area contributed by atoms with Crippen molar-refractivity contribution in [1.82, 2.24) is 5.32 Å². The molecule has 118 valence electrons. The Morgan fingerprint density at radius 2 is 1.90 bits per heavy atom. The maximum atomic E-state index is 3.61. The van der Waals surface area contributed by atoms with Gasteiger partial charge in [-0.25, -0.2) is 0 Å². The van der Waals surface area contributed by atoms with Crippen molar-refractivity contribution in [1.29, 1.82) is 0 Å². The van der Waals surface area contributed by atoms with E-state index in [1.54, 1.807) is 0 Å². The van der Waals surface area contributed by atoms with Crippen molar-refractivity contribution in [2.45, 2.75) is 71.8 Å². The van der Waals surface area contributed by atoms with Crippen LogP contribution in [0.3, 0.4) is 0 Å². The Morgan fingerprint density at radius 1 is 1.19 bits per heavy atom. The Balaban J connectivity index is 2.13. The van der Waals surface area contributed by atoms with E-state index < -0.39 is 0 Å². The molecule has 1 N–H and O–H groups in total. The van der Waals surface area contributed by atoms with Gasteiger partial charge in [0, 0.05) is 6.04 Å². The van der Waals surface area contributed by atoms with Crippen LogP contribution < -0.4 is 5.32 Å². The van der Waals surface area contributed by atoms with Crippen LogP contribution >= 0.6 is 0 Å². The standard InChI is InChI=1S/C20H33N/c1-5-6-9-16-11-13-17(14-12-16)19(21-4)18-10-7-8-15-20(18,2)3/h11-14,18-19,21H,5-10,15H2,1-4H3. The number of hydrogen-bond donors (Lipinski definition) is 1. The molecule has 1 saturated carbocycles. The Bertz CT molecular complexity index is 418. The van der Waals surface area contributed by atoms with Crippen molar-refractivity contribution in [3.8, 4) is 0 Å². The summed E-state index contributed by atoms with van der Waals surface area (Å²) in [7, 11) is 2.13. The predicted molar refractivity (Wildman–Crippen MR) is 92.6 cm³/mol. The van der Waals surface area contributed by atoms with E-state index in [-0.39, 0.29) is 0 Å². The Hall–Kier alpha value is -0.820. The van der Waals surface area contributed by atoms with Crippen LogP contribution in [0.1, 0.15) is 76.5 Å². The van der Waals surface area contributed by atoms with Crippen LogP contribution in [0, 0.1) is 11.3 Å². The molecule has 0 heterocycles. The molecule has 1 aliphatic rings. The molecule has 0 amide bonds. The van der Waals surface area contributed by atoms with E-state index in [0.29, 0.717) is 11.5 Å². The molecule has 0 aliphatic heterocycles. The van der Waals surface area contributed by atoms with Crippen molar-refractivity contribution >= 4 is 0 Å². The van der Waals surface area contributed by atoms with Crippen LogP contribution in [-0.4, -0.2) is 7.05 Å². The third-order valence-electron chi connectivity index (χ3n) is 5.46. The Morgan fingerprint density at radius 3 is 2.48 bits per heavy atom. The van der Waals surface area contributed by atoms with E-state index >= 15 is 0 Å². The molecule has 0 bridgehead atoms. The molecule has 1 aromatic carbocycles. The second-order valence-corrected chi connectivity index (χ2v) is 7.45. The summed E-state index contributed by atoms with van der Waals surface area (Å²) in [5.41, 5.74) is 3.41. The molecular weight excluding hydrogens is 254 g/mol. The summed E-state index contributed by atoms with van der Waals surface area (Å²) in [6, 6.07) is 9.89. The lowest BCUT2D eigenvalue weighted by molar-refractivity contribution is 0.101. The summed E-state index contributed by atoms with van der Waals surface area (Å²) in [4.78, 5) is 0. The second-order valence-electron chi connectivity index (χ2n) is 7.45. The second kappa shape index (κ2) is 7.45. The van der Waals surface area contributed by atoms with Gasteiger partial charge in [-0.15, -0.1) is 0 Å². The third-order valence-corrected chi connectivity index (χ3v) is 5.46. The number of unbranched alkanes of at least 4 members (excludes halogenated alkanes) is 1. The van der Waals surface area contributed by atoms with Crippen molar-refractivity contribution in [3.63, 3.8) is 0 Å². The lowest BCUT2D eigenvalue weighted by atomic mass is 9.65. The first-order chi connectivity index (χ1) is 10.1. The molecule has 2 atom stereocenters. The highest BCUT2D eigenvalue weighted by atomic mass is 14.9. The molecule has 1 aromatic rings. The number of rotatable bonds is 6. The summed E-state index contributed by atoms with van der Waals surface area (Å²) in [5.74, 6) is 0.748. The summed E-state index contributed by atoms with van der Waals surface area (Å²) in [5, 5.41) is 3.61. The average molecular weight is 287 g/mol. The first-order valence-electron chi connectivity index (χ1n) is 8.84. The quantitative estimate of drug-likeness (QED) is 0.728. The molecule has 2 rings (SSSR count). The average Bonchev–Trinajstić information content (AvgIpc) is 2.48. The van der Waals surface area contributed by atoms with E-state index in [0.717, 1.165) is 5.92 Å². The van der Waals surface area contributed by atoms with E-state index in [2.05, 4.69) is 57.4 Å². The molecule has 1 heteroatoms. The van der Waals surface area contributed by atoms with Gasteiger partial charge in [0.25, 0.3) is 0 Å². The van der Waals surface area contributed by atoms with Crippen LogP contribution in [0.5, 0.6) is 0 Å². The number of hydrogen-bond acceptors (Lipinski definition) is 1. The van der Waals surface area contributed by atoms with Gasteiger partial charge in [-0.3, -0.25) is 0 Å². The molecule has 1 fully saturated rings. The predicted octanol–water partition coefficient (Wildman–Crippen LogP) is 5.51. The lowest BCUT2D eigenvalue weighted by Crippen LogP contribution is -2.37. The third kappa shape index (κ3) is 4.10. The fourth-order valence-electron chi connectivity index (χ4n) is 4.01. The smallest absolute Gasteiger partial charge is 0.0351 e. The van der Waals surface area contributed by atoms with Crippen LogP contribution in [0.4, 0.5) is 0 Å². The molecule has 2 unspecified atom stereocenters. The first-order valence-corrected chi connectivity index (χ1v) is 8.84. The number of benzene rings is 1. The fourth-order valence-corrected chi connectivity index (χ4v) is 4.01. The van der Waals surface area contributed by atoms with Gasteiger partial charge in [-0.05, 0) is 55.2 Å². The van der Waals surface area contributed by atoms with Gasteiger partial charge < -0.3 is 5.32 Å². The highest BCUT2D eigenvalue weighted by Gasteiger charge is 2.37. The van der Waals surface area contributed by atoms with E-state index in [1.165, 1.54) is 56.1 Å². The van der Waals surface area contributed by atoms with Crippen molar-refractivity contribution < 1.29 is 0 Å². The molecule has 0 aromatic heterocycles. The summed E-state index contributed by atoms with van der Waals surface area (Å²) < 4.78 is 0. The molecule has 0 saturated heterocycles. The molecule has 0 radical (unpaired) electrons. The number of aryl methyl sites for hydroxylation is 1. The van der Waals surface area contributed by atoms with Crippen molar-refractivity contribution in [3.05, 3.63) is 35.4 Å². The maximum absolute atomic E-state index is 3.61. The van der Waals surface area contributed by atoms with Gasteiger partial charge in [0.05, 0.1) is 0 Å². The molecule has 0 spiro atoms. The summed E-state index contributed by atoms with van der Waals surface area (Å²) in [6.45, 7) is 7.17. The van der Waals surface area contributed by atoms with Crippen LogP contribution in [0.15, 0.2) is 24.3 Å². The molecular formula is C20H33N. The topological polar surface area (TPSA) is 12.0 Å². The van der Waals surface area contributed by atoms with Gasteiger partial charge >= 0.3 is 0 Å². The minimum absolute atomic E-state index is 0.451. The Labute approximate surface area is 131 Å². The van der Waals surface area contributed by atoms with Gasteiger partial charge in [0.1, 0.15) is 0 Å². The first kappa shape index (κ1) is 16.5. The minimum atomic E-state index is 0.451. The zero-order valence-electron chi connectivity index (χ0n) is 14.4. The normalized spacial score (nSPS) is 23.0. The highest BCUT2D eigenvalue weighted by molar-refractivity contribution is 5.26. The van der Waals surface area contributed by atoms with E-state index in [1.807, 2.05) is 0 Å². The van der Waals surface area contributed by atoms with E-state index in [4.69, 9.17) is 0 Å². The summed E-state index contributed by atoms with van der Waals surface area (Å²) in [6.07, 6.45) is 9.30. The SMILES string of the molecule is CCCCc1ccc(C(NC)C2CCCCC2(C)C)cc1. The van der Waals surface area contributed by atoms with E-state index in [9.17, 15) is 0 Å². The van der Waals surface area contributed by atoms with Gasteiger partial charge in [-0.2, -0.15) is 0 Å². The largest absolute Gasteiger partial charge is 0.313 e. The molecule has 1 aliphatic carbocycles. The number of nitrogens with one attached hydrogen (secondary N) is 1. The van der Waals surface area contributed by atoms with Gasteiger partial charge in [0.2, 0.25) is 0 Å². The molecule has 1 nitrogen and oxygen atoms in total. The molecule has 21 heavy (non-hydrogen) atoms. The van der Waals surface area contributed by atoms with Crippen molar-refractivity contribution in [2.75, 3.05) is 7.05 Å². The monoisotopic (exact) mass is 287 g/mol. The lowest BCUT2D eigenvalue weighted by Gasteiger charge is -2.43. The highest BCUT2D eigenvalue weighted by Crippen LogP contribution is 2.46. The zero-order valence-corrected chi connectivity index (χ0v) is 14.4.